The molecule has 0 aromatic carbocycles. The Morgan fingerprint density at radius 1 is 1.24 bits per heavy atom. The van der Waals surface area contributed by atoms with Gasteiger partial charge in [0.2, 0.25) is 0 Å². The first-order valence-electron chi connectivity index (χ1n) is 5.43. The number of aromatic nitrogens is 1. The molecule has 2 rings (SSSR count). The summed E-state index contributed by atoms with van der Waals surface area (Å²) < 4.78 is 42.1. The molecule has 1 aromatic rings. The Kier molecular flexibility index (Phi) is 3.51. The first kappa shape index (κ1) is 12.2. The Labute approximate surface area is 97.0 Å². The van der Waals surface area contributed by atoms with Gasteiger partial charge in [-0.1, -0.05) is 0 Å². The van der Waals surface area contributed by atoms with Gasteiger partial charge in [0.25, 0.3) is 0 Å². The molecule has 6 heteroatoms. The van der Waals surface area contributed by atoms with Gasteiger partial charge in [-0.3, -0.25) is 0 Å². The maximum atomic E-state index is 12.3. The molecule has 0 atom stereocenters. The number of hydrogen-bond donors (Lipinski definition) is 1. The van der Waals surface area contributed by atoms with E-state index in [9.17, 15) is 13.2 Å². The van der Waals surface area contributed by atoms with Crippen molar-refractivity contribution in [2.24, 2.45) is 0 Å². The van der Waals surface area contributed by atoms with E-state index >= 15 is 0 Å². The molecule has 0 spiro atoms. The molecule has 94 valence electrons. The van der Waals surface area contributed by atoms with Crippen LogP contribution in [0.3, 0.4) is 0 Å². The molecule has 1 aliphatic rings. The standard InChI is InChI=1S/C11H13F3N2O/c12-11(13,14)8-1-2-10(15-7-8)16-9-3-5-17-6-4-9/h1-2,7,9H,3-6H2,(H,15,16). The Hall–Kier alpha value is -1.30. The first-order valence-corrected chi connectivity index (χ1v) is 5.43. The molecule has 17 heavy (non-hydrogen) atoms. The molecule has 0 aliphatic carbocycles. The van der Waals surface area contributed by atoms with Crippen LogP contribution in [-0.2, 0) is 10.9 Å². The summed E-state index contributed by atoms with van der Waals surface area (Å²) in [5.41, 5.74) is -0.727. The molecule has 0 saturated carbocycles. The average molecular weight is 246 g/mol. The zero-order valence-electron chi connectivity index (χ0n) is 9.13. The molecule has 0 radical (unpaired) electrons. The van der Waals surface area contributed by atoms with Gasteiger partial charge in [0.1, 0.15) is 5.82 Å². The van der Waals surface area contributed by atoms with E-state index in [1.807, 2.05) is 0 Å². The number of ether oxygens (including phenoxy) is 1. The second-order valence-corrected chi connectivity index (χ2v) is 3.96. The topological polar surface area (TPSA) is 34.1 Å². The van der Waals surface area contributed by atoms with Crippen LogP contribution in [0, 0.1) is 0 Å². The van der Waals surface area contributed by atoms with Crippen LogP contribution in [0.5, 0.6) is 0 Å². The molecule has 1 N–H and O–H groups in total. The molecular weight excluding hydrogens is 233 g/mol. The lowest BCUT2D eigenvalue weighted by Gasteiger charge is -2.23. The fraction of sp³-hybridized carbons (Fsp3) is 0.545. The number of hydrogen-bond acceptors (Lipinski definition) is 3. The van der Waals surface area contributed by atoms with Gasteiger partial charge in [-0.15, -0.1) is 0 Å². The third kappa shape index (κ3) is 3.33. The van der Waals surface area contributed by atoms with Crippen molar-refractivity contribution in [3.63, 3.8) is 0 Å². The van der Waals surface area contributed by atoms with Crippen molar-refractivity contribution in [3.05, 3.63) is 23.9 Å². The summed E-state index contributed by atoms with van der Waals surface area (Å²) in [5, 5.41) is 3.10. The fourth-order valence-corrected chi connectivity index (χ4v) is 1.70. The van der Waals surface area contributed by atoms with Crippen molar-refractivity contribution in [2.75, 3.05) is 18.5 Å². The third-order valence-electron chi connectivity index (χ3n) is 2.66. The van der Waals surface area contributed by atoms with Crippen molar-refractivity contribution in [1.82, 2.24) is 4.98 Å². The predicted molar refractivity (Wildman–Crippen MR) is 56.7 cm³/mol. The van der Waals surface area contributed by atoms with Crippen molar-refractivity contribution in [1.29, 1.82) is 0 Å². The van der Waals surface area contributed by atoms with Gasteiger partial charge >= 0.3 is 6.18 Å². The summed E-state index contributed by atoms with van der Waals surface area (Å²) in [5.74, 6) is 0.477. The van der Waals surface area contributed by atoms with Gasteiger partial charge in [0, 0.05) is 25.5 Å². The number of rotatable bonds is 2. The monoisotopic (exact) mass is 246 g/mol. The minimum atomic E-state index is -4.33. The summed E-state index contributed by atoms with van der Waals surface area (Å²) in [6.45, 7) is 1.36. The Morgan fingerprint density at radius 2 is 1.94 bits per heavy atom. The van der Waals surface area contributed by atoms with Gasteiger partial charge in [0.05, 0.1) is 5.56 Å². The quantitative estimate of drug-likeness (QED) is 0.871. The lowest BCUT2D eigenvalue weighted by atomic mass is 10.1. The molecular formula is C11H13F3N2O. The minimum absolute atomic E-state index is 0.230. The van der Waals surface area contributed by atoms with E-state index in [1.54, 1.807) is 0 Å². The zero-order valence-corrected chi connectivity index (χ0v) is 9.13. The smallest absolute Gasteiger partial charge is 0.381 e. The Bertz CT molecular complexity index is 358. The Balaban J connectivity index is 1.98. The van der Waals surface area contributed by atoms with Crippen LogP contribution in [0.1, 0.15) is 18.4 Å². The first-order chi connectivity index (χ1) is 8.05. The van der Waals surface area contributed by atoms with Gasteiger partial charge in [-0.05, 0) is 25.0 Å². The third-order valence-corrected chi connectivity index (χ3v) is 2.66. The number of alkyl halides is 3. The van der Waals surface area contributed by atoms with Gasteiger partial charge < -0.3 is 10.1 Å². The lowest BCUT2D eigenvalue weighted by Crippen LogP contribution is -2.28. The van der Waals surface area contributed by atoms with Gasteiger partial charge in [-0.2, -0.15) is 13.2 Å². The minimum Gasteiger partial charge on any atom is -0.381 e. The highest BCUT2D eigenvalue weighted by atomic mass is 19.4. The summed E-state index contributed by atoms with van der Waals surface area (Å²) in [6, 6.07) is 2.63. The highest BCUT2D eigenvalue weighted by Gasteiger charge is 2.30. The summed E-state index contributed by atoms with van der Waals surface area (Å²) in [7, 11) is 0. The SMILES string of the molecule is FC(F)(F)c1ccc(NC2CCOCC2)nc1. The van der Waals surface area contributed by atoms with Crippen LogP contribution in [0.2, 0.25) is 0 Å². The largest absolute Gasteiger partial charge is 0.417 e. The molecule has 0 amide bonds. The van der Waals surface area contributed by atoms with Crippen LogP contribution in [0.25, 0.3) is 0 Å². The maximum Gasteiger partial charge on any atom is 0.417 e. The van der Waals surface area contributed by atoms with E-state index in [-0.39, 0.29) is 6.04 Å². The second kappa shape index (κ2) is 4.91. The van der Waals surface area contributed by atoms with Crippen LogP contribution < -0.4 is 5.32 Å². The summed E-state index contributed by atoms with van der Waals surface area (Å²) in [6.07, 6.45) is -1.78. The van der Waals surface area contributed by atoms with E-state index in [4.69, 9.17) is 4.74 Å². The predicted octanol–water partition coefficient (Wildman–Crippen LogP) is 2.69. The number of pyridine rings is 1. The Morgan fingerprint density at radius 3 is 2.47 bits per heavy atom. The molecule has 3 nitrogen and oxygen atoms in total. The van der Waals surface area contributed by atoms with Crippen LogP contribution >= 0.6 is 0 Å². The molecule has 1 saturated heterocycles. The van der Waals surface area contributed by atoms with Crippen LogP contribution in [0.4, 0.5) is 19.0 Å². The van der Waals surface area contributed by atoms with E-state index < -0.39 is 11.7 Å². The van der Waals surface area contributed by atoms with E-state index in [1.165, 1.54) is 6.07 Å². The van der Waals surface area contributed by atoms with E-state index in [0.29, 0.717) is 19.0 Å². The maximum absolute atomic E-state index is 12.3. The van der Waals surface area contributed by atoms with Crippen molar-refractivity contribution < 1.29 is 17.9 Å². The van der Waals surface area contributed by atoms with Crippen LogP contribution in [-0.4, -0.2) is 24.2 Å². The number of nitrogens with one attached hydrogen (secondary N) is 1. The van der Waals surface area contributed by atoms with Crippen molar-refractivity contribution in [2.45, 2.75) is 25.1 Å². The molecule has 0 unspecified atom stereocenters. The number of anilines is 1. The lowest BCUT2D eigenvalue weighted by molar-refractivity contribution is -0.137. The summed E-state index contributed by atoms with van der Waals surface area (Å²) in [4.78, 5) is 3.77. The van der Waals surface area contributed by atoms with Crippen molar-refractivity contribution in [3.8, 4) is 0 Å². The highest BCUT2D eigenvalue weighted by Crippen LogP contribution is 2.29. The molecule has 1 aliphatic heterocycles. The molecule has 2 heterocycles. The molecule has 1 aromatic heterocycles. The molecule has 0 bridgehead atoms. The molecule has 1 fully saturated rings. The van der Waals surface area contributed by atoms with Crippen molar-refractivity contribution >= 4 is 5.82 Å². The van der Waals surface area contributed by atoms with Gasteiger partial charge in [0.15, 0.2) is 0 Å². The summed E-state index contributed by atoms with van der Waals surface area (Å²) >= 11 is 0. The number of nitrogens with zero attached hydrogens (tertiary/aromatic N) is 1. The normalized spacial score (nSPS) is 18.1. The number of halogens is 3. The zero-order chi connectivity index (χ0) is 12.3. The highest BCUT2D eigenvalue weighted by molar-refractivity contribution is 5.37. The van der Waals surface area contributed by atoms with Gasteiger partial charge in [-0.25, -0.2) is 4.98 Å². The van der Waals surface area contributed by atoms with E-state index in [2.05, 4.69) is 10.3 Å². The fourth-order valence-electron chi connectivity index (χ4n) is 1.70. The average Bonchev–Trinajstić information content (AvgIpc) is 2.30. The van der Waals surface area contributed by atoms with E-state index in [0.717, 1.165) is 25.1 Å². The van der Waals surface area contributed by atoms with Crippen LogP contribution in [0.15, 0.2) is 18.3 Å². The second-order valence-electron chi connectivity index (χ2n) is 3.96.